The van der Waals surface area contributed by atoms with Crippen molar-refractivity contribution in [3.63, 3.8) is 0 Å². The molecule has 2 aromatic rings. The van der Waals surface area contributed by atoms with Crippen molar-refractivity contribution in [2.45, 2.75) is 33.7 Å². The monoisotopic (exact) mass is 268 g/mol. The number of amides is 1. The minimum atomic E-state index is 0.0527. The molecule has 0 saturated carbocycles. The van der Waals surface area contributed by atoms with Crippen LogP contribution in [0.15, 0.2) is 36.7 Å². The molecule has 0 aliphatic heterocycles. The van der Waals surface area contributed by atoms with Gasteiger partial charge in [-0.25, -0.2) is 0 Å². The zero-order valence-corrected chi connectivity index (χ0v) is 12.2. The number of benzene rings is 1. The Balaban J connectivity index is 1.98. The lowest BCUT2D eigenvalue weighted by Gasteiger charge is -2.11. The summed E-state index contributed by atoms with van der Waals surface area (Å²) in [5, 5.41) is 2.95. The fraction of sp³-hybridized carbons (Fsp3) is 0.294. The molecule has 1 aromatic heterocycles. The Kier molecular flexibility index (Phi) is 4.51. The molecular formula is C17H20N2O. The van der Waals surface area contributed by atoms with Crippen molar-refractivity contribution >= 4 is 5.91 Å². The van der Waals surface area contributed by atoms with Crippen LogP contribution in [0.1, 0.15) is 27.8 Å². The van der Waals surface area contributed by atoms with E-state index in [1.54, 1.807) is 12.4 Å². The molecule has 0 bridgehead atoms. The number of carbonyl (C=O) groups excluding carboxylic acids is 1. The Hall–Kier alpha value is -2.16. The van der Waals surface area contributed by atoms with Crippen molar-refractivity contribution in [2.24, 2.45) is 0 Å². The molecule has 3 heteroatoms. The number of nitrogens with zero attached hydrogens (tertiary/aromatic N) is 1. The van der Waals surface area contributed by atoms with Gasteiger partial charge in [0.1, 0.15) is 0 Å². The highest BCUT2D eigenvalue weighted by Crippen LogP contribution is 2.16. The topological polar surface area (TPSA) is 42.0 Å². The predicted octanol–water partition coefficient (Wildman–Crippen LogP) is 2.87. The second kappa shape index (κ2) is 6.33. The summed E-state index contributed by atoms with van der Waals surface area (Å²) in [5.74, 6) is 0.0527. The van der Waals surface area contributed by atoms with E-state index >= 15 is 0 Å². The Morgan fingerprint density at radius 3 is 2.30 bits per heavy atom. The standard InChI is InChI=1S/C17H20N2O/c1-12-8-13(2)16(14(3)9-12)10-17(20)19-11-15-4-6-18-7-5-15/h4-9H,10-11H2,1-3H3,(H,19,20). The third kappa shape index (κ3) is 3.67. The Morgan fingerprint density at radius 2 is 1.70 bits per heavy atom. The molecule has 0 fully saturated rings. The van der Waals surface area contributed by atoms with E-state index < -0.39 is 0 Å². The molecule has 1 heterocycles. The van der Waals surface area contributed by atoms with Crippen molar-refractivity contribution in [3.05, 3.63) is 64.5 Å². The molecule has 0 aliphatic carbocycles. The van der Waals surface area contributed by atoms with Gasteiger partial charge in [0.25, 0.3) is 0 Å². The minimum Gasteiger partial charge on any atom is -0.352 e. The number of carbonyl (C=O) groups is 1. The van der Waals surface area contributed by atoms with Gasteiger partial charge in [-0.2, -0.15) is 0 Å². The first kappa shape index (κ1) is 14.3. The summed E-state index contributed by atoms with van der Waals surface area (Å²) >= 11 is 0. The molecule has 0 unspecified atom stereocenters. The Bertz CT molecular complexity index is 583. The van der Waals surface area contributed by atoms with Crippen molar-refractivity contribution in [3.8, 4) is 0 Å². The maximum atomic E-state index is 12.0. The molecule has 104 valence electrons. The van der Waals surface area contributed by atoms with Gasteiger partial charge in [-0.05, 0) is 55.2 Å². The lowest BCUT2D eigenvalue weighted by Crippen LogP contribution is -2.25. The number of pyridine rings is 1. The lowest BCUT2D eigenvalue weighted by molar-refractivity contribution is -0.120. The van der Waals surface area contributed by atoms with Crippen LogP contribution in [-0.4, -0.2) is 10.9 Å². The van der Waals surface area contributed by atoms with E-state index in [4.69, 9.17) is 0 Å². The molecule has 1 N–H and O–H groups in total. The van der Waals surface area contributed by atoms with Crippen molar-refractivity contribution < 1.29 is 4.79 Å². The van der Waals surface area contributed by atoms with E-state index in [1.165, 1.54) is 16.7 Å². The average molecular weight is 268 g/mol. The van der Waals surface area contributed by atoms with Crippen LogP contribution in [0.3, 0.4) is 0 Å². The van der Waals surface area contributed by atoms with Gasteiger partial charge >= 0.3 is 0 Å². The number of hydrogen-bond donors (Lipinski definition) is 1. The van der Waals surface area contributed by atoms with Crippen molar-refractivity contribution in [1.29, 1.82) is 0 Å². The SMILES string of the molecule is Cc1cc(C)c(CC(=O)NCc2ccncc2)c(C)c1. The highest BCUT2D eigenvalue weighted by atomic mass is 16.1. The van der Waals surface area contributed by atoms with Crippen LogP contribution >= 0.6 is 0 Å². The largest absolute Gasteiger partial charge is 0.352 e. The first-order chi connectivity index (χ1) is 9.56. The highest BCUT2D eigenvalue weighted by molar-refractivity contribution is 5.79. The molecule has 0 atom stereocenters. The van der Waals surface area contributed by atoms with Crippen LogP contribution < -0.4 is 5.32 Å². The van der Waals surface area contributed by atoms with Gasteiger partial charge in [0.15, 0.2) is 0 Å². The summed E-state index contributed by atoms with van der Waals surface area (Å²) in [5.41, 5.74) is 5.79. The number of aryl methyl sites for hydroxylation is 3. The van der Waals surface area contributed by atoms with Crippen LogP contribution in [0.4, 0.5) is 0 Å². The third-order valence-electron chi connectivity index (χ3n) is 3.42. The molecule has 1 amide bonds. The zero-order chi connectivity index (χ0) is 14.5. The number of hydrogen-bond acceptors (Lipinski definition) is 2. The second-order valence-electron chi connectivity index (χ2n) is 5.19. The maximum absolute atomic E-state index is 12.0. The van der Waals surface area contributed by atoms with Crippen LogP contribution in [0, 0.1) is 20.8 Å². The predicted molar refractivity (Wildman–Crippen MR) is 80.4 cm³/mol. The molecule has 0 radical (unpaired) electrons. The fourth-order valence-electron chi connectivity index (χ4n) is 2.41. The Labute approximate surface area is 120 Å². The molecule has 3 nitrogen and oxygen atoms in total. The third-order valence-corrected chi connectivity index (χ3v) is 3.42. The van der Waals surface area contributed by atoms with Gasteiger partial charge in [-0.1, -0.05) is 17.7 Å². The van der Waals surface area contributed by atoms with Gasteiger partial charge in [0.05, 0.1) is 6.42 Å². The molecule has 2 rings (SSSR count). The summed E-state index contributed by atoms with van der Waals surface area (Å²) in [6.45, 7) is 6.75. The quantitative estimate of drug-likeness (QED) is 0.926. The average Bonchev–Trinajstić information content (AvgIpc) is 2.42. The van der Waals surface area contributed by atoms with Gasteiger partial charge < -0.3 is 5.32 Å². The van der Waals surface area contributed by atoms with Gasteiger partial charge in [-0.3, -0.25) is 9.78 Å². The van der Waals surface area contributed by atoms with Crippen LogP contribution in [0.2, 0.25) is 0 Å². The van der Waals surface area contributed by atoms with Crippen molar-refractivity contribution in [2.75, 3.05) is 0 Å². The van der Waals surface area contributed by atoms with E-state index in [-0.39, 0.29) is 5.91 Å². The van der Waals surface area contributed by atoms with Gasteiger partial charge in [0.2, 0.25) is 5.91 Å². The molecular weight excluding hydrogens is 248 g/mol. The van der Waals surface area contributed by atoms with Crippen LogP contribution in [-0.2, 0) is 17.8 Å². The van der Waals surface area contributed by atoms with E-state index in [0.29, 0.717) is 13.0 Å². The summed E-state index contributed by atoms with van der Waals surface area (Å²) < 4.78 is 0. The molecule has 0 spiro atoms. The highest BCUT2D eigenvalue weighted by Gasteiger charge is 2.09. The van der Waals surface area contributed by atoms with Crippen molar-refractivity contribution in [1.82, 2.24) is 10.3 Å². The number of nitrogens with one attached hydrogen (secondary N) is 1. The van der Waals surface area contributed by atoms with E-state index in [2.05, 4.69) is 43.2 Å². The second-order valence-corrected chi connectivity index (χ2v) is 5.19. The number of aromatic nitrogens is 1. The zero-order valence-electron chi connectivity index (χ0n) is 12.2. The first-order valence-electron chi connectivity index (χ1n) is 6.78. The molecule has 0 aliphatic rings. The summed E-state index contributed by atoms with van der Waals surface area (Å²) in [6.07, 6.45) is 3.90. The Morgan fingerprint density at radius 1 is 1.10 bits per heavy atom. The van der Waals surface area contributed by atoms with E-state index in [1.807, 2.05) is 12.1 Å². The van der Waals surface area contributed by atoms with E-state index in [9.17, 15) is 4.79 Å². The smallest absolute Gasteiger partial charge is 0.224 e. The molecule has 0 saturated heterocycles. The fourth-order valence-corrected chi connectivity index (χ4v) is 2.41. The molecule has 1 aromatic carbocycles. The van der Waals surface area contributed by atoms with Crippen LogP contribution in [0.5, 0.6) is 0 Å². The van der Waals surface area contributed by atoms with E-state index in [0.717, 1.165) is 11.1 Å². The van der Waals surface area contributed by atoms with Gasteiger partial charge in [-0.15, -0.1) is 0 Å². The summed E-state index contributed by atoms with van der Waals surface area (Å²) in [4.78, 5) is 16.0. The first-order valence-corrected chi connectivity index (χ1v) is 6.78. The normalized spacial score (nSPS) is 10.3. The van der Waals surface area contributed by atoms with Crippen LogP contribution in [0.25, 0.3) is 0 Å². The number of rotatable bonds is 4. The summed E-state index contributed by atoms with van der Waals surface area (Å²) in [6, 6.07) is 8.06. The maximum Gasteiger partial charge on any atom is 0.224 e. The lowest BCUT2D eigenvalue weighted by atomic mass is 9.97. The minimum absolute atomic E-state index is 0.0527. The summed E-state index contributed by atoms with van der Waals surface area (Å²) in [7, 11) is 0. The molecule has 20 heavy (non-hydrogen) atoms. The van der Waals surface area contributed by atoms with Gasteiger partial charge in [0, 0.05) is 18.9 Å².